The van der Waals surface area contributed by atoms with Gasteiger partial charge in [0.25, 0.3) is 5.56 Å². The molecule has 2 heterocycles. The zero-order valence-corrected chi connectivity index (χ0v) is 13.1. The molecule has 0 spiro atoms. The number of H-pyrrole nitrogens is 1. The van der Waals surface area contributed by atoms with Crippen molar-refractivity contribution in [2.24, 2.45) is 4.99 Å². The number of allylic oxidation sites excluding steroid dienone is 1. The molecule has 0 aliphatic carbocycles. The number of aromatic hydroxyl groups is 1. The molecule has 1 aromatic heterocycles. The van der Waals surface area contributed by atoms with E-state index in [2.05, 4.69) is 9.98 Å². The quantitative estimate of drug-likeness (QED) is 0.846. The molecule has 118 valence electrons. The largest absolute Gasteiger partial charge is 0.494 e. The molecule has 0 saturated heterocycles. The van der Waals surface area contributed by atoms with Crippen LogP contribution in [0.4, 0.5) is 5.69 Å². The normalized spacial score (nSPS) is 15.2. The summed E-state index contributed by atoms with van der Waals surface area (Å²) in [5.74, 6) is -0.350. The Labute approximate surface area is 132 Å². The van der Waals surface area contributed by atoms with Crippen LogP contribution in [-0.2, 0) is 5.54 Å². The summed E-state index contributed by atoms with van der Waals surface area (Å²) in [5.41, 5.74) is 0.498. The van der Waals surface area contributed by atoms with Gasteiger partial charge >= 0.3 is 5.69 Å². The third-order valence-electron chi connectivity index (χ3n) is 3.65. The van der Waals surface area contributed by atoms with E-state index in [1.807, 2.05) is 24.3 Å². The second-order valence-electron chi connectivity index (χ2n) is 6.38. The molecule has 1 aliphatic rings. The summed E-state index contributed by atoms with van der Waals surface area (Å²) in [6.07, 6.45) is 3.18. The highest BCUT2D eigenvalue weighted by Crippen LogP contribution is 2.33. The molecule has 3 rings (SSSR count). The summed E-state index contributed by atoms with van der Waals surface area (Å²) in [7, 11) is 0. The van der Waals surface area contributed by atoms with E-state index in [0.29, 0.717) is 5.57 Å². The van der Waals surface area contributed by atoms with E-state index in [1.165, 1.54) is 4.57 Å². The fourth-order valence-corrected chi connectivity index (χ4v) is 2.60. The summed E-state index contributed by atoms with van der Waals surface area (Å²) < 4.78 is 1.17. The van der Waals surface area contributed by atoms with Gasteiger partial charge in [-0.05, 0) is 32.9 Å². The van der Waals surface area contributed by atoms with E-state index >= 15 is 0 Å². The number of benzene rings is 1. The van der Waals surface area contributed by atoms with Crippen molar-refractivity contribution < 1.29 is 5.11 Å². The summed E-state index contributed by atoms with van der Waals surface area (Å²) in [4.78, 5) is 30.6. The van der Waals surface area contributed by atoms with Crippen LogP contribution >= 0.6 is 0 Å². The Balaban J connectivity index is 2.24. The van der Waals surface area contributed by atoms with Gasteiger partial charge in [0.1, 0.15) is 5.56 Å². The van der Waals surface area contributed by atoms with Crippen molar-refractivity contribution in [2.75, 3.05) is 0 Å². The smallest absolute Gasteiger partial charge is 0.331 e. The fraction of sp³-hybridized carbons (Fsp3) is 0.235. The first-order valence-corrected chi connectivity index (χ1v) is 7.23. The lowest BCUT2D eigenvalue weighted by atomic mass is 10.0. The summed E-state index contributed by atoms with van der Waals surface area (Å²) >= 11 is 0. The molecular formula is C17H17N3O3. The number of rotatable bonds is 1. The van der Waals surface area contributed by atoms with Crippen molar-refractivity contribution in [3.05, 3.63) is 56.2 Å². The van der Waals surface area contributed by atoms with Gasteiger partial charge in [-0.25, -0.2) is 4.79 Å². The number of aromatic amines is 1. The molecule has 2 N–H and O–H groups in total. The third kappa shape index (κ3) is 2.52. The van der Waals surface area contributed by atoms with Crippen LogP contribution in [0, 0.1) is 0 Å². The number of hydrogen-bond donors (Lipinski definition) is 2. The standard InChI is InChI=1S/C17H17N3O3/c1-17(2,3)20-15(22)12(14(21)19-16(20)23)8-10-9-18-13-7-5-4-6-11(10)13/h4-9,22H,1-3H3,(H,19,21,23)/b10-8-. The number of nitrogens with one attached hydrogen (secondary N) is 1. The Morgan fingerprint density at radius 1 is 1.22 bits per heavy atom. The lowest BCUT2D eigenvalue weighted by Crippen LogP contribution is -2.39. The number of para-hydroxylation sites is 1. The highest BCUT2D eigenvalue weighted by Gasteiger charge is 2.23. The van der Waals surface area contributed by atoms with Gasteiger partial charge in [0.15, 0.2) is 0 Å². The Morgan fingerprint density at radius 3 is 2.61 bits per heavy atom. The van der Waals surface area contributed by atoms with Crippen molar-refractivity contribution in [1.29, 1.82) is 0 Å². The predicted octanol–water partition coefficient (Wildman–Crippen LogP) is 2.25. The number of fused-ring (bicyclic) bond motifs is 1. The topological polar surface area (TPSA) is 87.4 Å². The van der Waals surface area contributed by atoms with Crippen molar-refractivity contribution in [3.8, 4) is 5.88 Å². The molecule has 1 aliphatic heterocycles. The molecule has 0 unspecified atom stereocenters. The second kappa shape index (κ2) is 5.08. The number of aromatic nitrogens is 2. The average molecular weight is 311 g/mol. The van der Waals surface area contributed by atoms with Crippen molar-refractivity contribution in [3.63, 3.8) is 0 Å². The Hall–Kier alpha value is -2.89. The molecule has 0 bridgehead atoms. The summed E-state index contributed by atoms with van der Waals surface area (Å²) in [6, 6.07) is 7.51. The van der Waals surface area contributed by atoms with Crippen LogP contribution in [0.15, 0.2) is 38.8 Å². The van der Waals surface area contributed by atoms with Gasteiger partial charge in [-0.1, -0.05) is 18.2 Å². The van der Waals surface area contributed by atoms with E-state index in [0.717, 1.165) is 11.3 Å². The van der Waals surface area contributed by atoms with E-state index in [-0.39, 0.29) is 11.4 Å². The van der Waals surface area contributed by atoms with Gasteiger partial charge < -0.3 is 5.11 Å². The first-order valence-electron chi connectivity index (χ1n) is 7.23. The predicted molar refractivity (Wildman–Crippen MR) is 90.4 cm³/mol. The molecule has 6 nitrogen and oxygen atoms in total. The van der Waals surface area contributed by atoms with E-state index < -0.39 is 16.8 Å². The Bertz CT molecular complexity index is 956. The molecule has 0 fully saturated rings. The van der Waals surface area contributed by atoms with Crippen LogP contribution < -0.4 is 11.2 Å². The van der Waals surface area contributed by atoms with E-state index in [9.17, 15) is 14.7 Å². The molecule has 0 saturated carbocycles. The maximum Gasteiger partial charge on any atom is 0.331 e. The molecule has 0 atom stereocenters. The van der Waals surface area contributed by atoms with Crippen molar-refractivity contribution in [1.82, 2.24) is 9.55 Å². The Kier molecular flexibility index (Phi) is 3.32. The van der Waals surface area contributed by atoms with Gasteiger partial charge in [-0.2, -0.15) is 0 Å². The zero-order valence-electron chi connectivity index (χ0n) is 13.1. The molecule has 1 aromatic carbocycles. The highest BCUT2D eigenvalue weighted by atomic mass is 16.3. The minimum atomic E-state index is -0.666. The van der Waals surface area contributed by atoms with E-state index in [1.54, 1.807) is 33.1 Å². The summed E-state index contributed by atoms with van der Waals surface area (Å²) in [6.45, 7) is 5.32. The van der Waals surface area contributed by atoms with Gasteiger partial charge in [0.2, 0.25) is 5.88 Å². The molecule has 0 amide bonds. The molecule has 6 heteroatoms. The third-order valence-corrected chi connectivity index (χ3v) is 3.65. The van der Waals surface area contributed by atoms with Crippen LogP contribution in [-0.4, -0.2) is 20.9 Å². The van der Waals surface area contributed by atoms with Gasteiger partial charge in [-0.3, -0.25) is 19.3 Å². The number of aliphatic imine (C=N–C) groups is 1. The van der Waals surface area contributed by atoms with Gasteiger partial charge in [0, 0.05) is 22.9 Å². The van der Waals surface area contributed by atoms with Crippen LogP contribution in [0.25, 0.3) is 11.6 Å². The fourth-order valence-electron chi connectivity index (χ4n) is 2.60. The average Bonchev–Trinajstić information content (AvgIpc) is 2.85. The van der Waals surface area contributed by atoms with Crippen molar-refractivity contribution >= 4 is 23.6 Å². The minimum Gasteiger partial charge on any atom is -0.494 e. The van der Waals surface area contributed by atoms with Crippen LogP contribution in [0.5, 0.6) is 5.88 Å². The van der Waals surface area contributed by atoms with Gasteiger partial charge in [0.05, 0.1) is 5.69 Å². The lowest BCUT2D eigenvalue weighted by Gasteiger charge is -2.23. The molecule has 23 heavy (non-hydrogen) atoms. The van der Waals surface area contributed by atoms with E-state index in [4.69, 9.17) is 0 Å². The van der Waals surface area contributed by atoms with Gasteiger partial charge in [-0.15, -0.1) is 0 Å². The Morgan fingerprint density at radius 2 is 1.91 bits per heavy atom. The molecule has 0 radical (unpaired) electrons. The SMILES string of the molecule is CC(C)(C)n1c(O)c(/C=C2/C=Nc3ccccc32)c(=O)[nH]c1=O. The van der Waals surface area contributed by atoms with Crippen LogP contribution in [0.2, 0.25) is 0 Å². The molecular weight excluding hydrogens is 294 g/mol. The van der Waals surface area contributed by atoms with Crippen LogP contribution in [0.3, 0.4) is 0 Å². The maximum atomic E-state index is 12.1. The number of hydrogen-bond acceptors (Lipinski definition) is 4. The monoisotopic (exact) mass is 311 g/mol. The first-order chi connectivity index (χ1) is 10.8. The highest BCUT2D eigenvalue weighted by molar-refractivity contribution is 6.21. The minimum absolute atomic E-state index is 0.0395. The lowest BCUT2D eigenvalue weighted by molar-refractivity contribution is 0.305. The molecule has 2 aromatic rings. The van der Waals surface area contributed by atoms with Crippen LogP contribution in [0.1, 0.15) is 31.9 Å². The zero-order chi connectivity index (χ0) is 16.8. The second-order valence-corrected chi connectivity index (χ2v) is 6.38. The number of nitrogens with zero attached hydrogens (tertiary/aromatic N) is 2. The maximum absolute atomic E-state index is 12.1. The summed E-state index contributed by atoms with van der Waals surface area (Å²) in [5, 5.41) is 10.4. The van der Waals surface area contributed by atoms with Crippen molar-refractivity contribution in [2.45, 2.75) is 26.3 Å². The first kappa shape index (κ1) is 15.0.